The minimum Gasteiger partial charge on any atom is -0.462 e. The Morgan fingerprint density at radius 3 is 0.718 bits per heavy atom. The van der Waals surface area contributed by atoms with E-state index in [2.05, 4.69) is 57.2 Å². The lowest BCUT2D eigenvalue weighted by Crippen LogP contribution is -2.30. The first-order valence-electron chi connectivity index (χ1n) is 35.0. The largest absolute Gasteiger partial charge is 0.462 e. The van der Waals surface area contributed by atoms with Gasteiger partial charge in [-0.1, -0.05) is 346 Å². The number of esters is 3. The van der Waals surface area contributed by atoms with Crippen LogP contribution in [-0.2, 0) is 28.6 Å². The topological polar surface area (TPSA) is 78.9 Å². The molecule has 1 atom stereocenters. The summed E-state index contributed by atoms with van der Waals surface area (Å²) in [4.78, 5) is 38.3. The molecule has 0 aliphatic heterocycles. The van der Waals surface area contributed by atoms with Crippen molar-refractivity contribution in [1.82, 2.24) is 0 Å². The summed E-state index contributed by atoms with van der Waals surface area (Å²) in [6.07, 6.45) is 83.2. The maximum Gasteiger partial charge on any atom is 0.306 e. The number of rotatable bonds is 65. The zero-order valence-electron chi connectivity index (χ0n) is 52.7. The van der Waals surface area contributed by atoms with Gasteiger partial charge in [-0.15, -0.1) is 0 Å². The highest BCUT2D eigenvalue weighted by atomic mass is 16.6. The van der Waals surface area contributed by atoms with Crippen molar-refractivity contribution >= 4 is 17.9 Å². The summed E-state index contributed by atoms with van der Waals surface area (Å²) in [6, 6.07) is 0. The smallest absolute Gasteiger partial charge is 0.306 e. The fourth-order valence-corrected chi connectivity index (χ4v) is 10.6. The first-order chi connectivity index (χ1) is 38.5. The predicted molar refractivity (Wildman–Crippen MR) is 339 cm³/mol. The van der Waals surface area contributed by atoms with E-state index in [4.69, 9.17) is 14.2 Å². The van der Waals surface area contributed by atoms with E-state index in [0.717, 1.165) is 70.6 Å². The summed E-state index contributed by atoms with van der Waals surface area (Å²) in [5, 5.41) is 0. The molecule has 0 spiro atoms. The second kappa shape index (κ2) is 67.1. The van der Waals surface area contributed by atoms with Gasteiger partial charge in [0.1, 0.15) is 13.2 Å². The van der Waals surface area contributed by atoms with E-state index < -0.39 is 6.10 Å². The number of carbonyl (C=O) groups excluding carboxylic acids is 3. The molecule has 1 unspecified atom stereocenters. The fourth-order valence-electron chi connectivity index (χ4n) is 10.6. The molecular weight excluding hydrogens is 961 g/mol. The van der Waals surface area contributed by atoms with Crippen LogP contribution in [0.25, 0.3) is 0 Å². The summed E-state index contributed by atoms with van der Waals surface area (Å²) in [7, 11) is 0. The van der Waals surface area contributed by atoms with Crippen LogP contribution in [-0.4, -0.2) is 37.2 Å². The van der Waals surface area contributed by atoms with Gasteiger partial charge >= 0.3 is 17.9 Å². The van der Waals surface area contributed by atoms with Crippen molar-refractivity contribution in [3.63, 3.8) is 0 Å². The van der Waals surface area contributed by atoms with Gasteiger partial charge in [-0.2, -0.15) is 0 Å². The zero-order valence-corrected chi connectivity index (χ0v) is 52.7. The Kier molecular flexibility index (Phi) is 65.1. The molecule has 0 aromatic rings. The maximum absolute atomic E-state index is 12.9. The molecule has 6 nitrogen and oxygen atoms in total. The fraction of sp³-hybridized carbons (Fsp3) is 0.875. The number of unbranched alkanes of at least 4 members (excludes halogenated alkanes) is 48. The molecular formula is C72H134O6. The normalized spacial score (nSPS) is 12.2. The summed E-state index contributed by atoms with van der Waals surface area (Å²) >= 11 is 0. The van der Waals surface area contributed by atoms with Crippen molar-refractivity contribution in [1.29, 1.82) is 0 Å². The molecule has 0 aliphatic carbocycles. The van der Waals surface area contributed by atoms with Gasteiger partial charge in [0.15, 0.2) is 6.10 Å². The lowest BCUT2D eigenvalue weighted by Gasteiger charge is -2.18. The van der Waals surface area contributed by atoms with E-state index in [1.807, 2.05) is 0 Å². The molecule has 78 heavy (non-hydrogen) atoms. The Morgan fingerprint density at radius 1 is 0.256 bits per heavy atom. The summed E-state index contributed by atoms with van der Waals surface area (Å²) in [6.45, 7) is 6.70. The number of hydrogen-bond acceptors (Lipinski definition) is 6. The second-order valence-corrected chi connectivity index (χ2v) is 23.8. The molecule has 0 fully saturated rings. The minimum atomic E-state index is -0.767. The van der Waals surface area contributed by atoms with Crippen LogP contribution >= 0.6 is 0 Å². The minimum absolute atomic E-state index is 0.0648. The molecule has 0 heterocycles. The molecule has 0 rings (SSSR count). The van der Waals surface area contributed by atoms with Crippen molar-refractivity contribution in [2.24, 2.45) is 0 Å². The van der Waals surface area contributed by atoms with Crippen LogP contribution < -0.4 is 0 Å². The number of carbonyl (C=O) groups is 3. The van der Waals surface area contributed by atoms with Crippen LogP contribution in [0, 0.1) is 0 Å². The molecule has 0 amide bonds. The first kappa shape index (κ1) is 75.6. The van der Waals surface area contributed by atoms with E-state index in [-0.39, 0.29) is 31.1 Å². The Balaban J connectivity index is 4.13. The van der Waals surface area contributed by atoms with E-state index in [0.29, 0.717) is 19.3 Å². The lowest BCUT2D eigenvalue weighted by atomic mass is 10.0. The van der Waals surface area contributed by atoms with E-state index in [9.17, 15) is 14.4 Å². The van der Waals surface area contributed by atoms with Gasteiger partial charge in [-0.3, -0.25) is 14.4 Å². The number of allylic oxidation sites excluding steroid dienone is 6. The molecule has 0 N–H and O–H groups in total. The summed E-state index contributed by atoms with van der Waals surface area (Å²) < 4.78 is 17.0. The second-order valence-electron chi connectivity index (χ2n) is 23.8. The van der Waals surface area contributed by atoms with Gasteiger partial charge in [0.2, 0.25) is 0 Å². The van der Waals surface area contributed by atoms with Gasteiger partial charge in [0.05, 0.1) is 0 Å². The van der Waals surface area contributed by atoms with Gasteiger partial charge in [-0.05, 0) is 57.8 Å². The van der Waals surface area contributed by atoms with Crippen molar-refractivity contribution < 1.29 is 28.6 Å². The monoisotopic (exact) mass is 1100 g/mol. The molecule has 0 bridgehead atoms. The standard InChI is InChI=1S/C72H134O6/c1-4-7-10-13-16-19-22-25-27-29-30-31-32-33-34-35-36-37-38-39-40-41-42-44-45-47-50-53-56-59-62-65-71(74)77-68-69(67-76-70(73)64-61-58-55-52-49-24-21-18-15-12-9-6-3)78-72(75)66-63-60-57-54-51-48-46-43-28-26-23-20-17-14-11-8-5-2/h22,25,29-30,32-33,69H,4-21,23-24,26-28,31,34-68H2,1-3H3/b25-22-,30-29-,33-32-. The highest BCUT2D eigenvalue weighted by Gasteiger charge is 2.19. The van der Waals surface area contributed by atoms with Crippen molar-refractivity contribution in [2.45, 2.75) is 393 Å². The van der Waals surface area contributed by atoms with Gasteiger partial charge in [0, 0.05) is 19.3 Å². The third kappa shape index (κ3) is 64.5. The predicted octanol–water partition coefficient (Wildman–Crippen LogP) is 23.9. The number of hydrogen-bond donors (Lipinski definition) is 0. The highest BCUT2D eigenvalue weighted by molar-refractivity contribution is 5.71. The van der Waals surface area contributed by atoms with Crippen molar-refractivity contribution in [3.8, 4) is 0 Å². The van der Waals surface area contributed by atoms with Gasteiger partial charge < -0.3 is 14.2 Å². The molecule has 6 heteroatoms. The van der Waals surface area contributed by atoms with Gasteiger partial charge in [-0.25, -0.2) is 0 Å². The van der Waals surface area contributed by atoms with Crippen LogP contribution in [0.15, 0.2) is 36.5 Å². The zero-order chi connectivity index (χ0) is 56.4. The van der Waals surface area contributed by atoms with Crippen LogP contribution in [0.1, 0.15) is 387 Å². The molecule has 0 aromatic carbocycles. The van der Waals surface area contributed by atoms with Gasteiger partial charge in [0.25, 0.3) is 0 Å². The highest BCUT2D eigenvalue weighted by Crippen LogP contribution is 2.18. The molecule has 0 radical (unpaired) electrons. The average Bonchev–Trinajstić information content (AvgIpc) is 3.44. The van der Waals surface area contributed by atoms with Crippen LogP contribution in [0.3, 0.4) is 0 Å². The Labute approximate surface area is 486 Å². The van der Waals surface area contributed by atoms with E-state index in [1.54, 1.807) is 0 Å². The Bertz CT molecular complexity index is 1300. The Hall–Kier alpha value is -2.37. The van der Waals surface area contributed by atoms with E-state index in [1.165, 1.54) is 276 Å². The van der Waals surface area contributed by atoms with E-state index >= 15 is 0 Å². The molecule has 0 aromatic heterocycles. The lowest BCUT2D eigenvalue weighted by molar-refractivity contribution is -0.167. The molecule has 0 aliphatic rings. The molecule has 0 saturated heterocycles. The molecule has 0 saturated carbocycles. The summed E-state index contributed by atoms with van der Waals surface area (Å²) in [5.41, 5.74) is 0. The van der Waals surface area contributed by atoms with Crippen molar-refractivity contribution in [2.75, 3.05) is 13.2 Å². The average molecular weight is 1100 g/mol. The molecule has 458 valence electrons. The third-order valence-electron chi connectivity index (χ3n) is 15.9. The number of ether oxygens (including phenoxy) is 3. The maximum atomic E-state index is 12.9. The van der Waals surface area contributed by atoms with Crippen LogP contribution in [0.2, 0.25) is 0 Å². The SMILES string of the molecule is CCCCCCC/C=C\C/C=C\C/C=C\CCCCCCCCCCCCCCCCCCC(=O)OCC(COC(=O)CCCCCCCCCCCCCC)OC(=O)CCCCCCCCCCCCCCCCCCC. The Morgan fingerprint density at radius 2 is 0.462 bits per heavy atom. The van der Waals surface area contributed by atoms with Crippen LogP contribution in [0.4, 0.5) is 0 Å². The summed E-state index contributed by atoms with van der Waals surface area (Å²) in [5.74, 6) is -0.836. The van der Waals surface area contributed by atoms with Crippen molar-refractivity contribution in [3.05, 3.63) is 36.5 Å². The first-order valence-corrected chi connectivity index (χ1v) is 35.0. The van der Waals surface area contributed by atoms with Crippen LogP contribution in [0.5, 0.6) is 0 Å². The third-order valence-corrected chi connectivity index (χ3v) is 15.9. The quantitative estimate of drug-likeness (QED) is 0.0261.